The summed E-state index contributed by atoms with van der Waals surface area (Å²) in [6.07, 6.45) is -1.30. The third-order valence-electron chi connectivity index (χ3n) is 5.28. The lowest BCUT2D eigenvalue weighted by Gasteiger charge is -2.24. The molecular weight excluding hydrogens is 470 g/mol. The van der Waals surface area contributed by atoms with E-state index in [9.17, 15) is 14.5 Å². The fraction of sp³-hybridized carbons (Fsp3) is 0.700. The maximum atomic E-state index is 15.5. The van der Waals surface area contributed by atoms with E-state index in [-0.39, 0.29) is 18.6 Å². The van der Waals surface area contributed by atoms with Gasteiger partial charge in [-0.15, -0.1) is 0 Å². The quantitative estimate of drug-likeness (QED) is 0.340. The number of alkyl halides is 1. The van der Waals surface area contributed by atoms with Gasteiger partial charge < -0.3 is 24.4 Å². The van der Waals surface area contributed by atoms with Crippen LogP contribution in [0.15, 0.2) is 12.7 Å². The highest BCUT2D eigenvalue weighted by Crippen LogP contribution is 2.43. The number of anilines is 1. The molecule has 3 N–H and O–H groups in total. The highest BCUT2D eigenvalue weighted by atomic mass is 31.1. The maximum Gasteiger partial charge on any atom is 0.323 e. The van der Waals surface area contributed by atoms with Crippen molar-refractivity contribution in [2.75, 3.05) is 25.6 Å². The van der Waals surface area contributed by atoms with E-state index < -0.39 is 44.3 Å². The minimum absolute atomic E-state index is 0.205. The van der Waals surface area contributed by atoms with Crippen molar-refractivity contribution in [1.82, 2.24) is 24.6 Å². The van der Waals surface area contributed by atoms with Crippen LogP contribution in [0, 0.1) is 5.41 Å². The zero-order chi connectivity index (χ0) is 25.3. The number of hydrogen-bond acceptors (Lipinski definition) is 10. The second-order valence-electron chi connectivity index (χ2n) is 9.55. The summed E-state index contributed by atoms with van der Waals surface area (Å²) in [7, 11) is -1.24. The summed E-state index contributed by atoms with van der Waals surface area (Å²) < 4.78 is 45.4. The first-order valence-electron chi connectivity index (χ1n) is 10.8. The van der Waals surface area contributed by atoms with Crippen LogP contribution < -0.4 is 10.4 Å². The Hall–Kier alpha value is -2.18. The van der Waals surface area contributed by atoms with Crippen LogP contribution in [0.3, 0.4) is 0 Å². The SMILES string of the molecule is CNc1ncnc2c1ncn2[C@@H]1O[C@H](CO[PH](=O)N[C@@H](C)C(=O)OCC(C)(C)C)[C@@H](O)[C@@]1(C)F. The Morgan fingerprint density at radius 2 is 2.12 bits per heavy atom. The molecule has 1 saturated heterocycles. The second kappa shape index (κ2) is 10.2. The molecule has 0 aromatic carbocycles. The van der Waals surface area contributed by atoms with Gasteiger partial charge in [0.05, 0.1) is 19.5 Å². The molecule has 190 valence electrons. The summed E-state index contributed by atoms with van der Waals surface area (Å²) in [5, 5.41) is 16.0. The highest BCUT2D eigenvalue weighted by molar-refractivity contribution is 7.36. The molecule has 12 nitrogen and oxygen atoms in total. The number of aliphatic hydroxyl groups is 1. The number of aliphatic hydroxyl groups excluding tert-OH is 1. The van der Waals surface area contributed by atoms with Gasteiger partial charge in [0.2, 0.25) is 0 Å². The number of esters is 1. The monoisotopic (exact) mass is 502 g/mol. The summed E-state index contributed by atoms with van der Waals surface area (Å²) in [5.74, 6) is -0.108. The van der Waals surface area contributed by atoms with Gasteiger partial charge in [-0.05, 0) is 19.3 Å². The molecule has 1 aliphatic rings. The van der Waals surface area contributed by atoms with Crippen LogP contribution in [0.1, 0.15) is 40.8 Å². The first kappa shape index (κ1) is 26.4. The molecule has 34 heavy (non-hydrogen) atoms. The van der Waals surface area contributed by atoms with Gasteiger partial charge in [-0.25, -0.2) is 24.4 Å². The summed E-state index contributed by atoms with van der Waals surface area (Å²) in [5.41, 5.74) is -1.69. The summed E-state index contributed by atoms with van der Waals surface area (Å²) >= 11 is 0. The van der Waals surface area contributed by atoms with Crippen molar-refractivity contribution < 1.29 is 32.9 Å². The third kappa shape index (κ3) is 5.72. The fourth-order valence-corrected chi connectivity index (χ4v) is 4.28. The number of rotatable bonds is 9. The van der Waals surface area contributed by atoms with E-state index in [2.05, 4.69) is 25.4 Å². The van der Waals surface area contributed by atoms with Gasteiger partial charge in [-0.2, -0.15) is 0 Å². The predicted molar refractivity (Wildman–Crippen MR) is 122 cm³/mol. The van der Waals surface area contributed by atoms with Crippen molar-refractivity contribution in [3.63, 3.8) is 0 Å². The van der Waals surface area contributed by atoms with Crippen LogP contribution in [0.5, 0.6) is 0 Å². The van der Waals surface area contributed by atoms with E-state index >= 15 is 4.39 Å². The van der Waals surface area contributed by atoms with E-state index in [1.807, 2.05) is 20.8 Å². The number of fused-ring (bicyclic) bond motifs is 1. The fourth-order valence-electron chi connectivity index (χ4n) is 3.40. The lowest BCUT2D eigenvalue weighted by atomic mass is 9.98. The minimum Gasteiger partial charge on any atom is -0.464 e. The lowest BCUT2D eigenvalue weighted by Crippen LogP contribution is -2.40. The number of aromatic nitrogens is 4. The molecule has 0 spiro atoms. The van der Waals surface area contributed by atoms with Gasteiger partial charge in [0, 0.05) is 7.05 Å². The maximum absolute atomic E-state index is 15.5. The van der Waals surface area contributed by atoms with Gasteiger partial charge >= 0.3 is 5.97 Å². The van der Waals surface area contributed by atoms with Gasteiger partial charge in [-0.1, -0.05) is 20.8 Å². The van der Waals surface area contributed by atoms with Crippen LogP contribution in [-0.4, -0.2) is 74.8 Å². The highest BCUT2D eigenvalue weighted by Gasteiger charge is 2.55. The zero-order valence-corrected chi connectivity index (χ0v) is 21.0. The zero-order valence-electron chi connectivity index (χ0n) is 20.0. The normalized spacial score (nSPS) is 27.0. The van der Waals surface area contributed by atoms with Crippen molar-refractivity contribution in [3.05, 3.63) is 12.7 Å². The Labute approximate surface area is 197 Å². The second-order valence-corrected chi connectivity index (χ2v) is 10.7. The molecule has 1 unspecified atom stereocenters. The Bertz CT molecular complexity index is 1040. The Kier molecular flexibility index (Phi) is 7.93. The Balaban J connectivity index is 1.62. The van der Waals surface area contributed by atoms with E-state index in [4.69, 9.17) is 14.0 Å². The predicted octanol–water partition coefficient (Wildman–Crippen LogP) is 1.83. The summed E-state index contributed by atoms with van der Waals surface area (Å²) in [6.45, 7) is 8.30. The van der Waals surface area contributed by atoms with Crippen molar-refractivity contribution >= 4 is 31.1 Å². The van der Waals surface area contributed by atoms with Crippen LogP contribution in [0.25, 0.3) is 11.2 Å². The topological polar surface area (TPSA) is 150 Å². The molecule has 3 rings (SSSR count). The number of carbonyl (C=O) groups excluding carboxylic acids is 1. The molecule has 2 aromatic heterocycles. The van der Waals surface area contributed by atoms with Crippen LogP contribution in [0.4, 0.5) is 10.2 Å². The molecule has 0 radical (unpaired) electrons. The van der Waals surface area contributed by atoms with Gasteiger partial charge in [0.25, 0.3) is 8.18 Å². The van der Waals surface area contributed by atoms with Crippen molar-refractivity contribution in [2.24, 2.45) is 5.41 Å². The molecule has 0 bridgehead atoms. The molecule has 0 saturated carbocycles. The molecule has 1 fully saturated rings. The number of halogens is 1. The number of nitrogens with zero attached hydrogens (tertiary/aromatic N) is 4. The van der Waals surface area contributed by atoms with E-state index in [1.165, 1.54) is 31.1 Å². The van der Waals surface area contributed by atoms with E-state index in [0.717, 1.165) is 0 Å². The summed E-state index contributed by atoms with van der Waals surface area (Å²) in [6, 6.07) is -0.874. The number of hydrogen-bond donors (Lipinski definition) is 3. The Morgan fingerprint density at radius 1 is 1.41 bits per heavy atom. The molecular formula is C20H32FN6O6P. The van der Waals surface area contributed by atoms with Gasteiger partial charge in [0.1, 0.15) is 30.1 Å². The van der Waals surface area contributed by atoms with Crippen molar-refractivity contribution in [2.45, 2.75) is 64.8 Å². The Morgan fingerprint density at radius 3 is 2.76 bits per heavy atom. The van der Waals surface area contributed by atoms with E-state index in [1.54, 1.807) is 7.05 Å². The number of carbonyl (C=O) groups is 1. The summed E-state index contributed by atoms with van der Waals surface area (Å²) in [4.78, 5) is 24.5. The molecule has 3 heterocycles. The smallest absolute Gasteiger partial charge is 0.323 e. The largest absolute Gasteiger partial charge is 0.464 e. The number of ether oxygens (including phenoxy) is 2. The molecule has 2 aromatic rings. The van der Waals surface area contributed by atoms with Crippen LogP contribution >= 0.6 is 8.18 Å². The third-order valence-corrected chi connectivity index (χ3v) is 6.38. The van der Waals surface area contributed by atoms with Crippen molar-refractivity contribution in [1.29, 1.82) is 0 Å². The van der Waals surface area contributed by atoms with Crippen molar-refractivity contribution in [3.8, 4) is 0 Å². The molecule has 1 aliphatic heterocycles. The average Bonchev–Trinajstić information content (AvgIpc) is 3.28. The molecule has 14 heteroatoms. The lowest BCUT2D eigenvalue weighted by molar-refractivity contribution is -0.148. The first-order valence-corrected chi connectivity index (χ1v) is 12.1. The van der Waals surface area contributed by atoms with Gasteiger partial charge in [0.15, 0.2) is 23.4 Å². The minimum atomic E-state index is -2.91. The standard InChI is InChI=1S/C20H32FN6O6P/c1-11(17(29)31-8-19(2,3)4)26-34(30)32-7-12-14(28)20(5,21)18(33-12)27-10-25-13-15(22-6)23-9-24-16(13)27/h9-12,14,18,28,34H,7-8H2,1-6H3,(H,26,30)(H,22,23,24)/t11-,12+,14+,18+,20+/m0/s1. The average molecular weight is 502 g/mol. The van der Waals surface area contributed by atoms with Gasteiger partial charge in [-0.3, -0.25) is 13.9 Å². The van der Waals surface area contributed by atoms with Crippen LogP contribution in [0.2, 0.25) is 0 Å². The molecule has 0 amide bonds. The van der Waals surface area contributed by atoms with E-state index in [0.29, 0.717) is 17.0 Å². The van der Waals surface area contributed by atoms with Crippen LogP contribution in [-0.2, 0) is 23.4 Å². The first-order chi connectivity index (χ1) is 15.8. The molecule has 6 atom stereocenters. The molecule has 0 aliphatic carbocycles. The number of imidazole rings is 1. The number of nitrogens with one attached hydrogen (secondary N) is 2.